The van der Waals surface area contributed by atoms with Crippen LogP contribution in [0, 0.1) is 13.8 Å². The van der Waals surface area contributed by atoms with Crippen LogP contribution in [-0.2, 0) is 6.42 Å². The van der Waals surface area contributed by atoms with Crippen LogP contribution in [0.15, 0.2) is 54.9 Å². The molecule has 0 atom stereocenters. The molecule has 4 aromatic heterocycles. The average Bonchev–Trinajstić information content (AvgIpc) is 3.44. The largest absolute Gasteiger partial charge is 0.480 e. The molecule has 0 aliphatic heterocycles. The number of nitrogens with one attached hydrogen (secondary N) is 1. The predicted molar refractivity (Wildman–Crippen MR) is 128 cm³/mol. The third-order valence-corrected chi connectivity index (χ3v) is 5.46. The maximum atomic E-state index is 9.54. The van der Waals surface area contributed by atoms with Gasteiger partial charge in [-0.2, -0.15) is 5.10 Å². The maximum Gasteiger partial charge on any atom is 0.233 e. The molecule has 0 unspecified atom stereocenters. The summed E-state index contributed by atoms with van der Waals surface area (Å²) >= 11 is 0. The Morgan fingerprint density at radius 3 is 2.65 bits per heavy atom. The van der Waals surface area contributed by atoms with Crippen molar-refractivity contribution in [3.8, 4) is 17.5 Å². The number of rotatable bonds is 7. The Balaban J connectivity index is 1.52. The molecule has 0 aliphatic rings. The number of benzene rings is 1. The van der Waals surface area contributed by atoms with Gasteiger partial charge in [-0.3, -0.25) is 4.57 Å². The quantitative estimate of drug-likeness (QED) is 0.383. The topological polar surface area (TPSA) is 116 Å². The van der Waals surface area contributed by atoms with Gasteiger partial charge in [-0.15, -0.1) is 10.2 Å². The number of fused-ring (bicyclic) bond motifs is 1. The number of pyridine rings is 1. The van der Waals surface area contributed by atoms with Gasteiger partial charge >= 0.3 is 0 Å². The fourth-order valence-corrected chi connectivity index (χ4v) is 3.75. The molecule has 10 nitrogen and oxygen atoms in total. The van der Waals surface area contributed by atoms with Crippen molar-refractivity contribution in [2.24, 2.45) is 0 Å². The van der Waals surface area contributed by atoms with Crippen molar-refractivity contribution >= 4 is 22.5 Å². The van der Waals surface area contributed by atoms with E-state index in [0.717, 1.165) is 33.7 Å². The monoisotopic (exact) mass is 456 g/mol. The van der Waals surface area contributed by atoms with E-state index < -0.39 is 0 Å². The average molecular weight is 457 g/mol. The van der Waals surface area contributed by atoms with Crippen LogP contribution in [0.25, 0.3) is 22.7 Å². The lowest BCUT2D eigenvalue weighted by atomic mass is 10.2. The summed E-state index contributed by atoms with van der Waals surface area (Å²) in [5, 5.41) is 25.5. The molecule has 0 saturated carbocycles. The van der Waals surface area contributed by atoms with Gasteiger partial charge in [0.15, 0.2) is 11.6 Å². The summed E-state index contributed by atoms with van der Waals surface area (Å²) in [6.07, 6.45) is 2.21. The van der Waals surface area contributed by atoms with Crippen LogP contribution in [-0.4, -0.2) is 53.3 Å². The number of aliphatic hydroxyl groups is 1. The molecule has 34 heavy (non-hydrogen) atoms. The maximum absolute atomic E-state index is 9.54. The van der Waals surface area contributed by atoms with Gasteiger partial charge in [0, 0.05) is 24.1 Å². The predicted octanol–water partition coefficient (Wildman–Crippen LogP) is 3.30. The lowest BCUT2D eigenvalue weighted by Crippen LogP contribution is -2.10. The van der Waals surface area contributed by atoms with E-state index in [9.17, 15) is 5.11 Å². The van der Waals surface area contributed by atoms with Gasteiger partial charge in [0.1, 0.15) is 12.1 Å². The van der Waals surface area contributed by atoms with Crippen LogP contribution in [0.3, 0.4) is 0 Å². The third kappa shape index (κ3) is 4.06. The number of aryl methyl sites for hydroxylation is 2. The van der Waals surface area contributed by atoms with Crippen molar-refractivity contribution < 1.29 is 9.84 Å². The molecule has 5 rings (SSSR count). The Hall–Kier alpha value is -4.31. The lowest BCUT2D eigenvalue weighted by molar-refractivity contribution is 0.299. The second-order valence-corrected chi connectivity index (χ2v) is 7.87. The SMILES string of the molecule is COc1cc(C)n(-c2nc(-n3cnc4cc(Nc5ccc(C)nn5)ccc43)ccc2CCO)n1. The van der Waals surface area contributed by atoms with Gasteiger partial charge in [0.25, 0.3) is 0 Å². The highest BCUT2D eigenvalue weighted by Gasteiger charge is 2.15. The molecular weight excluding hydrogens is 432 g/mol. The highest BCUT2D eigenvalue weighted by atomic mass is 16.5. The second-order valence-electron chi connectivity index (χ2n) is 7.87. The first-order valence-corrected chi connectivity index (χ1v) is 10.8. The van der Waals surface area contributed by atoms with Gasteiger partial charge in [0.05, 0.1) is 23.8 Å². The van der Waals surface area contributed by atoms with Crippen LogP contribution in [0.4, 0.5) is 11.5 Å². The fraction of sp³-hybridized carbons (Fsp3) is 0.208. The Bertz CT molecular complexity index is 1460. The number of hydrogen-bond donors (Lipinski definition) is 2. The minimum absolute atomic E-state index is 0.0145. The Labute approximate surface area is 195 Å². The van der Waals surface area contributed by atoms with E-state index in [-0.39, 0.29) is 6.61 Å². The van der Waals surface area contributed by atoms with E-state index in [0.29, 0.717) is 29.8 Å². The van der Waals surface area contributed by atoms with Crippen LogP contribution < -0.4 is 10.1 Å². The zero-order chi connectivity index (χ0) is 23.7. The van der Waals surface area contributed by atoms with E-state index in [2.05, 4.69) is 25.6 Å². The van der Waals surface area contributed by atoms with Gasteiger partial charge < -0.3 is 15.2 Å². The molecule has 0 amide bonds. The Morgan fingerprint density at radius 2 is 1.91 bits per heavy atom. The van der Waals surface area contributed by atoms with Gasteiger partial charge in [0.2, 0.25) is 5.88 Å². The number of methoxy groups -OCH3 is 1. The van der Waals surface area contributed by atoms with Gasteiger partial charge in [-0.1, -0.05) is 6.07 Å². The normalized spacial score (nSPS) is 11.2. The van der Waals surface area contributed by atoms with Crippen LogP contribution >= 0.6 is 0 Å². The van der Waals surface area contributed by atoms with Crippen molar-refractivity contribution in [3.63, 3.8) is 0 Å². The molecule has 0 spiro atoms. The van der Waals surface area contributed by atoms with Crippen LogP contribution in [0.1, 0.15) is 17.0 Å². The van der Waals surface area contributed by atoms with E-state index in [4.69, 9.17) is 9.72 Å². The van der Waals surface area contributed by atoms with Gasteiger partial charge in [-0.05, 0) is 62.2 Å². The van der Waals surface area contributed by atoms with Gasteiger partial charge in [-0.25, -0.2) is 14.6 Å². The molecular formula is C24H24N8O2. The second kappa shape index (κ2) is 8.91. The number of aromatic nitrogens is 7. The molecule has 0 saturated heterocycles. The van der Waals surface area contributed by atoms with Crippen molar-refractivity contribution in [2.45, 2.75) is 20.3 Å². The first-order chi connectivity index (χ1) is 16.6. The summed E-state index contributed by atoms with van der Waals surface area (Å²) in [7, 11) is 1.58. The minimum atomic E-state index is 0.0145. The Kier molecular flexibility index (Phi) is 5.64. The molecule has 4 heterocycles. The van der Waals surface area contributed by atoms with E-state index in [1.165, 1.54) is 0 Å². The molecule has 0 bridgehead atoms. The molecule has 2 N–H and O–H groups in total. The summed E-state index contributed by atoms with van der Waals surface area (Å²) in [6.45, 7) is 3.85. The lowest BCUT2D eigenvalue weighted by Gasteiger charge is -2.12. The molecule has 0 radical (unpaired) electrons. The highest BCUT2D eigenvalue weighted by molar-refractivity contribution is 5.82. The van der Waals surface area contributed by atoms with Crippen molar-refractivity contribution in [1.82, 2.24) is 34.5 Å². The molecule has 0 fully saturated rings. The number of ether oxygens (including phenoxy) is 1. The molecule has 10 heteroatoms. The standard InChI is InChI=1S/C24H24N8O2/c1-15-4-8-21(29-28-15)26-18-6-7-20-19(13-18)25-14-31(20)22-9-5-17(10-11-33)24(27-22)32-16(2)12-23(30-32)34-3/h4-9,12-14,33H,10-11H2,1-3H3,(H,26,29). The zero-order valence-electron chi connectivity index (χ0n) is 19.1. The van der Waals surface area contributed by atoms with E-state index >= 15 is 0 Å². The van der Waals surface area contributed by atoms with Crippen molar-refractivity contribution in [1.29, 1.82) is 0 Å². The smallest absolute Gasteiger partial charge is 0.233 e. The minimum Gasteiger partial charge on any atom is -0.480 e. The summed E-state index contributed by atoms with van der Waals surface area (Å²) in [4.78, 5) is 9.46. The summed E-state index contributed by atoms with van der Waals surface area (Å²) in [5.74, 6) is 2.51. The zero-order valence-corrected chi connectivity index (χ0v) is 19.1. The Morgan fingerprint density at radius 1 is 1.03 bits per heavy atom. The molecule has 5 aromatic rings. The number of nitrogens with zero attached hydrogens (tertiary/aromatic N) is 7. The van der Waals surface area contributed by atoms with Crippen LogP contribution in [0.2, 0.25) is 0 Å². The van der Waals surface area contributed by atoms with Crippen molar-refractivity contribution in [3.05, 3.63) is 71.8 Å². The molecule has 172 valence electrons. The summed E-state index contributed by atoms with van der Waals surface area (Å²) in [6, 6.07) is 15.4. The van der Waals surface area contributed by atoms with E-state index in [1.54, 1.807) is 18.1 Å². The van der Waals surface area contributed by atoms with E-state index in [1.807, 2.05) is 66.9 Å². The number of aliphatic hydroxyl groups excluding tert-OH is 1. The first-order valence-electron chi connectivity index (χ1n) is 10.8. The number of anilines is 2. The fourth-order valence-electron chi connectivity index (χ4n) is 3.75. The summed E-state index contributed by atoms with van der Waals surface area (Å²) < 4.78 is 8.94. The molecule has 0 aliphatic carbocycles. The highest BCUT2D eigenvalue weighted by Crippen LogP contribution is 2.25. The number of hydrogen-bond acceptors (Lipinski definition) is 8. The number of imidazole rings is 1. The van der Waals surface area contributed by atoms with Crippen LogP contribution in [0.5, 0.6) is 5.88 Å². The third-order valence-electron chi connectivity index (χ3n) is 5.46. The summed E-state index contributed by atoms with van der Waals surface area (Å²) in [5.41, 5.74) is 5.21. The molecule has 1 aromatic carbocycles. The first kappa shape index (κ1) is 21.5. The van der Waals surface area contributed by atoms with Crippen molar-refractivity contribution in [2.75, 3.05) is 19.0 Å².